The maximum absolute atomic E-state index is 12.4. The van der Waals surface area contributed by atoms with Crippen molar-refractivity contribution < 1.29 is 9.53 Å². The number of aryl methyl sites for hydroxylation is 2. The Kier molecular flexibility index (Phi) is 5.02. The van der Waals surface area contributed by atoms with Crippen LogP contribution in [0.2, 0.25) is 0 Å². The van der Waals surface area contributed by atoms with Crippen LogP contribution in [0.3, 0.4) is 0 Å². The number of ketones is 1. The Morgan fingerprint density at radius 2 is 1.86 bits per heavy atom. The van der Waals surface area contributed by atoms with Gasteiger partial charge in [-0.15, -0.1) is 0 Å². The van der Waals surface area contributed by atoms with Crippen molar-refractivity contribution in [1.82, 2.24) is 4.98 Å². The minimum atomic E-state index is -0.174. The molecule has 2 aromatic rings. The fourth-order valence-electron chi connectivity index (χ4n) is 2.09. The molecule has 0 aliphatic carbocycles. The molecule has 110 valence electrons. The molecule has 0 spiro atoms. The van der Waals surface area contributed by atoms with Crippen LogP contribution in [0.4, 0.5) is 0 Å². The highest BCUT2D eigenvalue weighted by Gasteiger charge is 2.17. The summed E-state index contributed by atoms with van der Waals surface area (Å²) >= 11 is 1.49. The molecule has 2 rings (SSSR count). The number of nitrogens with zero attached hydrogens (tertiary/aromatic N) is 1. The van der Waals surface area contributed by atoms with Gasteiger partial charge in [-0.3, -0.25) is 4.79 Å². The van der Waals surface area contributed by atoms with E-state index in [-0.39, 0.29) is 11.0 Å². The van der Waals surface area contributed by atoms with Crippen molar-refractivity contribution in [3.05, 3.63) is 53.2 Å². The lowest BCUT2D eigenvalue weighted by molar-refractivity contribution is 0.0994. The molecule has 0 aliphatic heterocycles. The van der Waals surface area contributed by atoms with Gasteiger partial charge in [0.05, 0.1) is 17.4 Å². The summed E-state index contributed by atoms with van der Waals surface area (Å²) in [4.78, 5) is 16.9. The van der Waals surface area contributed by atoms with Crippen LogP contribution < -0.4 is 4.74 Å². The number of thioether (sulfide) groups is 1. The van der Waals surface area contributed by atoms with Gasteiger partial charge in [0.25, 0.3) is 0 Å². The van der Waals surface area contributed by atoms with Crippen LogP contribution in [0.5, 0.6) is 5.75 Å². The molecular weight excluding hydrogens is 282 g/mol. The van der Waals surface area contributed by atoms with Gasteiger partial charge in [-0.05, 0) is 62.7 Å². The molecule has 0 amide bonds. The van der Waals surface area contributed by atoms with Crippen molar-refractivity contribution in [3.8, 4) is 5.75 Å². The van der Waals surface area contributed by atoms with Gasteiger partial charge in [0.15, 0.2) is 5.78 Å². The molecule has 0 radical (unpaired) electrons. The highest BCUT2D eigenvalue weighted by atomic mass is 32.2. The molecule has 0 aliphatic rings. The van der Waals surface area contributed by atoms with Crippen LogP contribution >= 0.6 is 11.8 Å². The highest BCUT2D eigenvalue weighted by Crippen LogP contribution is 2.25. The Morgan fingerprint density at radius 1 is 1.19 bits per heavy atom. The first-order valence-corrected chi connectivity index (χ1v) is 7.68. The van der Waals surface area contributed by atoms with Crippen LogP contribution in [0.1, 0.15) is 28.5 Å². The average Bonchev–Trinajstić information content (AvgIpc) is 2.45. The number of ether oxygens (including phenoxy) is 1. The van der Waals surface area contributed by atoms with E-state index in [1.165, 1.54) is 11.8 Å². The first-order valence-electron chi connectivity index (χ1n) is 6.80. The Labute approximate surface area is 129 Å². The van der Waals surface area contributed by atoms with E-state index in [0.717, 1.165) is 22.0 Å². The van der Waals surface area contributed by atoms with Gasteiger partial charge in [0, 0.05) is 11.3 Å². The smallest absolute Gasteiger partial charge is 0.175 e. The number of carbonyl (C=O) groups is 1. The van der Waals surface area contributed by atoms with Crippen molar-refractivity contribution in [1.29, 1.82) is 0 Å². The van der Waals surface area contributed by atoms with Gasteiger partial charge in [0.2, 0.25) is 0 Å². The maximum Gasteiger partial charge on any atom is 0.175 e. The third-order valence-corrected chi connectivity index (χ3v) is 4.13. The standard InChI is InChI=1S/C17H19NO2S/c1-11-9-12(2)18-16(10-11)21-13(3)17(19)14-5-7-15(20-4)8-6-14/h5-10,13H,1-4H3. The van der Waals surface area contributed by atoms with E-state index in [1.54, 1.807) is 31.4 Å². The number of hydrogen-bond donors (Lipinski definition) is 0. The summed E-state index contributed by atoms with van der Waals surface area (Å²) in [7, 11) is 1.61. The summed E-state index contributed by atoms with van der Waals surface area (Å²) in [5.74, 6) is 0.853. The summed E-state index contributed by atoms with van der Waals surface area (Å²) in [6.07, 6.45) is 0. The van der Waals surface area contributed by atoms with E-state index in [9.17, 15) is 4.79 Å². The number of Topliss-reactive ketones (excluding diaryl/α,β-unsaturated/α-hetero) is 1. The molecule has 1 aromatic heterocycles. The SMILES string of the molecule is COc1ccc(C(=O)C(C)Sc2cc(C)cc(C)n2)cc1. The van der Waals surface area contributed by atoms with E-state index >= 15 is 0 Å². The Hall–Kier alpha value is -1.81. The molecule has 1 heterocycles. The maximum atomic E-state index is 12.4. The van der Waals surface area contributed by atoms with Crippen LogP contribution in [-0.4, -0.2) is 23.1 Å². The lowest BCUT2D eigenvalue weighted by Gasteiger charge is -2.11. The summed E-state index contributed by atoms with van der Waals surface area (Å²) in [5, 5.41) is 0.717. The fraction of sp³-hybridized carbons (Fsp3) is 0.294. The first kappa shape index (κ1) is 15.6. The predicted molar refractivity (Wildman–Crippen MR) is 86.4 cm³/mol. The molecular formula is C17H19NO2S. The number of hydrogen-bond acceptors (Lipinski definition) is 4. The van der Waals surface area contributed by atoms with E-state index in [1.807, 2.05) is 32.9 Å². The molecule has 3 nitrogen and oxygen atoms in total. The van der Waals surface area contributed by atoms with Gasteiger partial charge < -0.3 is 4.74 Å². The number of rotatable bonds is 5. The number of aromatic nitrogens is 1. The zero-order valence-electron chi connectivity index (χ0n) is 12.7. The number of methoxy groups -OCH3 is 1. The number of pyridine rings is 1. The largest absolute Gasteiger partial charge is 0.497 e. The molecule has 1 aromatic carbocycles. The third kappa shape index (κ3) is 4.08. The second-order valence-electron chi connectivity index (χ2n) is 4.98. The van der Waals surface area contributed by atoms with Crippen LogP contribution in [0, 0.1) is 13.8 Å². The van der Waals surface area contributed by atoms with Crippen LogP contribution in [0.25, 0.3) is 0 Å². The van der Waals surface area contributed by atoms with Crippen LogP contribution in [-0.2, 0) is 0 Å². The topological polar surface area (TPSA) is 39.2 Å². The molecule has 1 unspecified atom stereocenters. The average molecular weight is 301 g/mol. The summed E-state index contributed by atoms with van der Waals surface area (Å²) in [6, 6.07) is 11.2. The minimum Gasteiger partial charge on any atom is -0.497 e. The summed E-state index contributed by atoms with van der Waals surface area (Å²) in [6.45, 7) is 5.91. The van der Waals surface area contributed by atoms with Gasteiger partial charge in [0.1, 0.15) is 5.75 Å². The normalized spacial score (nSPS) is 12.0. The van der Waals surface area contributed by atoms with Crippen LogP contribution in [0.15, 0.2) is 41.4 Å². The van der Waals surface area contributed by atoms with Crippen molar-refractivity contribution in [3.63, 3.8) is 0 Å². The van der Waals surface area contributed by atoms with Crippen molar-refractivity contribution in [2.24, 2.45) is 0 Å². The van der Waals surface area contributed by atoms with Crippen molar-refractivity contribution in [2.45, 2.75) is 31.0 Å². The van der Waals surface area contributed by atoms with E-state index in [0.29, 0.717) is 5.56 Å². The van der Waals surface area contributed by atoms with E-state index in [2.05, 4.69) is 4.98 Å². The second kappa shape index (κ2) is 6.76. The summed E-state index contributed by atoms with van der Waals surface area (Å²) in [5.41, 5.74) is 2.83. The fourth-order valence-corrected chi connectivity index (χ4v) is 3.15. The van der Waals surface area contributed by atoms with Crippen molar-refractivity contribution in [2.75, 3.05) is 7.11 Å². The molecule has 1 atom stereocenters. The van der Waals surface area contributed by atoms with Gasteiger partial charge in [-0.1, -0.05) is 11.8 Å². The van der Waals surface area contributed by atoms with Crippen molar-refractivity contribution >= 4 is 17.5 Å². The molecule has 0 N–H and O–H groups in total. The third-order valence-electron chi connectivity index (χ3n) is 3.12. The van der Waals surface area contributed by atoms with Gasteiger partial charge in [-0.25, -0.2) is 4.98 Å². The Morgan fingerprint density at radius 3 is 2.43 bits per heavy atom. The Balaban J connectivity index is 2.11. The Bertz CT molecular complexity index is 617. The lowest BCUT2D eigenvalue weighted by Crippen LogP contribution is -2.13. The molecule has 0 saturated heterocycles. The van der Waals surface area contributed by atoms with Gasteiger partial charge >= 0.3 is 0 Å². The van der Waals surface area contributed by atoms with E-state index in [4.69, 9.17) is 4.74 Å². The molecule has 0 bridgehead atoms. The lowest BCUT2D eigenvalue weighted by atomic mass is 10.1. The first-order chi connectivity index (χ1) is 9.99. The monoisotopic (exact) mass is 301 g/mol. The molecule has 21 heavy (non-hydrogen) atoms. The summed E-state index contributed by atoms with van der Waals surface area (Å²) < 4.78 is 5.10. The quantitative estimate of drug-likeness (QED) is 0.616. The minimum absolute atomic E-state index is 0.101. The number of benzene rings is 1. The molecule has 4 heteroatoms. The van der Waals surface area contributed by atoms with Gasteiger partial charge in [-0.2, -0.15) is 0 Å². The zero-order chi connectivity index (χ0) is 15.4. The molecule has 0 fully saturated rings. The van der Waals surface area contributed by atoms with E-state index < -0.39 is 0 Å². The molecule has 0 saturated carbocycles. The highest BCUT2D eigenvalue weighted by molar-refractivity contribution is 8.00. The second-order valence-corrected chi connectivity index (χ2v) is 6.34. The zero-order valence-corrected chi connectivity index (χ0v) is 13.5. The predicted octanol–water partition coefficient (Wildman–Crippen LogP) is 4.07. The number of carbonyl (C=O) groups excluding carboxylic acids is 1.